The van der Waals surface area contributed by atoms with Crippen LogP contribution >= 0.6 is 0 Å². The van der Waals surface area contributed by atoms with Crippen LogP contribution in [0.25, 0.3) is 0 Å². The van der Waals surface area contributed by atoms with Crippen LogP contribution in [-0.4, -0.2) is 44.1 Å². The van der Waals surface area contributed by atoms with Crippen LogP contribution in [-0.2, 0) is 11.3 Å². The number of rotatable bonds is 8. The summed E-state index contributed by atoms with van der Waals surface area (Å²) in [7, 11) is 0. The summed E-state index contributed by atoms with van der Waals surface area (Å²) in [5.41, 5.74) is 2.60. The molecule has 124 valence electrons. The molecule has 1 fully saturated rings. The molecule has 22 heavy (non-hydrogen) atoms. The van der Waals surface area contributed by atoms with Gasteiger partial charge in [-0.15, -0.1) is 0 Å². The highest BCUT2D eigenvalue weighted by molar-refractivity contribution is 5.48. The van der Waals surface area contributed by atoms with Crippen molar-refractivity contribution < 1.29 is 9.84 Å². The number of hydrogen-bond acceptors (Lipinski definition) is 4. The molecule has 0 aliphatic carbocycles. The van der Waals surface area contributed by atoms with Gasteiger partial charge in [-0.2, -0.15) is 0 Å². The number of benzene rings is 1. The minimum Gasteiger partial charge on any atom is -0.396 e. The smallest absolute Gasteiger partial charge is 0.0616 e. The van der Waals surface area contributed by atoms with Crippen molar-refractivity contribution in [2.45, 2.75) is 39.3 Å². The zero-order chi connectivity index (χ0) is 15.8. The molecule has 2 N–H and O–H groups in total. The van der Waals surface area contributed by atoms with Gasteiger partial charge in [0, 0.05) is 44.6 Å². The number of piperidine rings is 1. The molecule has 1 atom stereocenters. The van der Waals surface area contributed by atoms with E-state index in [4.69, 9.17) is 4.74 Å². The van der Waals surface area contributed by atoms with Gasteiger partial charge in [-0.05, 0) is 50.3 Å². The molecular formula is C18H30N2O2. The molecule has 0 aromatic heterocycles. The van der Waals surface area contributed by atoms with Gasteiger partial charge in [0.25, 0.3) is 0 Å². The summed E-state index contributed by atoms with van der Waals surface area (Å²) < 4.78 is 5.41. The average molecular weight is 306 g/mol. The zero-order valence-electron chi connectivity index (χ0n) is 13.9. The Labute approximate surface area is 134 Å². The third-order valence-corrected chi connectivity index (χ3v) is 4.40. The molecule has 0 bridgehead atoms. The summed E-state index contributed by atoms with van der Waals surface area (Å²) in [6.45, 7) is 9.01. The Kier molecular flexibility index (Phi) is 7.16. The molecular weight excluding hydrogens is 276 g/mol. The van der Waals surface area contributed by atoms with E-state index >= 15 is 0 Å². The molecule has 1 aromatic rings. The Morgan fingerprint density at radius 1 is 1.27 bits per heavy atom. The van der Waals surface area contributed by atoms with Gasteiger partial charge in [0.1, 0.15) is 0 Å². The fraction of sp³-hybridized carbons (Fsp3) is 0.667. The number of nitrogens with one attached hydrogen (secondary N) is 1. The molecule has 1 unspecified atom stereocenters. The highest BCUT2D eigenvalue weighted by Crippen LogP contribution is 2.23. The van der Waals surface area contributed by atoms with Crippen LogP contribution in [0, 0.1) is 5.92 Å². The van der Waals surface area contributed by atoms with Crippen LogP contribution in [0.3, 0.4) is 0 Å². The summed E-state index contributed by atoms with van der Waals surface area (Å²) in [5.74, 6) is 0.492. The van der Waals surface area contributed by atoms with Gasteiger partial charge < -0.3 is 20.1 Å². The van der Waals surface area contributed by atoms with Crippen LogP contribution < -0.4 is 10.2 Å². The molecule has 0 spiro atoms. The number of nitrogens with zero attached hydrogens (tertiary/aromatic N) is 1. The van der Waals surface area contributed by atoms with E-state index in [1.165, 1.54) is 11.3 Å². The van der Waals surface area contributed by atoms with Gasteiger partial charge in [-0.3, -0.25) is 0 Å². The molecule has 1 heterocycles. The molecule has 2 rings (SSSR count). The van der Waals surface area contributed by atoms with E-state index in [1.54, 1.807) is 0 Å². The standard InChI is InChI=1S/C18H30N2O2/c1-3-22-14-15(2)19-12-16-4-6-18(7-5-16)20-10-8-17(13-21)9-11-20/h4-7,15,17,19,21H,3,8-14H2,1-2H3. The van der Waals surface area contributed by atoms with Gasteiger partial charge in [-0.25, -0.2) is 0 Å². The Morgan fingerprint density at radius 3 is 2.55 bits per heavy atom. The highest BCUT2D eigenvalue weighted by atomic mass is 16.5. The summed E-state index contributed by atoms with van der Waals surface area (Å²) >= 11 is 0. The fourth-order valence-electron chi connectivity index (χ4n) is 2.84. The van der Waals surface area contributed by atoms with Crippen LogP contribution in [0.2, 0.25) is 0 Å². The van der Waals surface area contributed by atoms with Crippen molar-refractivity contribution in [1.82, 2.24) is 5.32 Å². The molecule has 0 amide bonds. The van der Waals surface area contributed by atoms with E-state index in [0.29, 0.717) is 18.6 Å². The second-order valence-electron chi connectivity index (χ2n) is 6.22. The SMILES string of the molecule is CCOCC(C)NCc1ccc(N2CCC(CO)CC2)cc1. The van der Waals surface area contributed by atoms with Gasteiger partial charge >= 0.3 is 0 Å². The quantitative estimate of drug-likeness (QED) is 0.774. The maximum Gasteiger partial charge on any atom is 0.0616 e. The van der Waals surface area contributed by atoms with Crippen molar-refractivity contribution in [3.8, 4) is 0 Å². The van der Waals surface area contributed by atoms with E-state index in [-0.39, 0.29) is 0 Å². The van der Waals surface area contributed by atoms with E-state index in [1.807, 2.05) is 6.92 Å². The van der Waals surface area contributed by atoms with Crippen molar-refractivity contribution in [2.75, 3.05) is 37.8 Å². The molecule has 4 nitrogen and oxygen atoms in total. The number of anilines is 1. The van der Waals surface area contributed by atoms with Crippen LogP contribution in [0.15, 0.2) is 24.3 Å². The Hall–Kier alpha value is -1.10. The molecule has 0 saturated carbocycles. The lowest BCUT2D eigenvalue weighted by Crippen LogP contribution is -2.34. The second-order valence-corrected chi connectivity index (χ2v) is 6.22. The maximum atomic E-state index is 9.21. The molecule has 1 aliphatic heterocycles. The molecule has 0 radical (unpaired) electrons. The third-order valence-electron chi connectivity index (χ3n) is 4.40. The number of ether oxygens (including phenoxy) is 1. The minimum atomic E-state index is 0.332. The first kappa shape index (κ1) is 17.3. The Morgan fingerprint density at radius 2 is 1.95 bits per heavy atom. The summed E-state index contributed by atoms with van der Waals surface area (Å²) in [6.07, 6.45) is 2.18. The fourth-order valence-corrected chi connectivity index (χ4v) is 2.84. The number of aliphatic hydroxyl groups is 1. The van der Waals surface area contributed by atoms with Crippen molar-refractivity contribution in [2.24, 2.45) is 5.92 Å². The average Bonchev–Trinajstić information content (AvgIpc) is 2.58. The predicted octanol–water partition coefficient (Wildman–Crippen LogP) is 2.41. The van der Waals surface area contributed by atoms with E-state index in [0.717, 1.165) is 45.7 Å². The molecule has 4 heteroatoms. The first-order chi connectivity index (χ1) is 10.7. The summed E-state index contributed by atoms with van der Waals surface area (Å²) in [5, 5.41) is 12.7. The predicted molar refractivity (Wildman–Crippen MR) is 91.3 cm³/mol. The summed E-state index contributed by atoms with van der Waals surface area (Å²) in [6, 6.07) is 9.20. The minimum absolute atomic E-state index is 0.332. The van der Waals surface area contributed by atoms with Crippen LogP contribution in [0.5, 0.6) is 0 Å². The molecule has 1 saturated heterocycles. The Balaban J connectivity index is 1.78. The lowest BCUT2D eigenvalue weighted by atomic mass is 9.97. The van der Waals surface area contributed by atoms with Crippen LogP contribution in [0.4, 0.5) is 5.69 Å². The number of aliphatic hydroxyl groups excluding tert-OH is 1. The normalized spacial score (nSPS) is 17.7. The second kappa shape index (κ2) is 9.13. The Bertz CT molecular complexity index is 414. The van der Waals surface area contributed by atoms with Crippen molar-refractivity contribution in [1.29, 1.82) is 0 Å². The molecule has 1 aliphatic rings. The first-order valence-corrected chi connectivity index (χ1v) is 8.48. The largest absolute Gasteiger partial charge is 0.396 e. The molecule has 1 aromatic carbocycles. The first-order valence-electron chi connectivity index (χ1n) is 8.48. The third kappa shape index (κ3) is 5.27. The van der Waals surface area contributed by atoms with E-state index < -0.39 is 0 Å². The van der Waals surface area contributed by atoms with Crippen molar-refractivity contribution in [3.63, 3.8) is 0 Å². The monoisotopic (exact) mass is 306 g/mol. The lowest BCUT2D eigenvalue weighted by Gasteiger charge is -2.33. The summed E-state index contributed by atoms with van der Waals surface area (Å²) in [4.78, 5) is 2.42. The van der Waals surface area contributed by atoms with Gasteiger partial charge in [0.15, 0.2) is 0 Å². The highest BCUT2D eigenvalue weighted by Gasteiger charge is 2.18. The van der Waals surface area contributed by atoms with Gasteiger partial charge in [0.2, 0.25) is 0 Å². The van der Waals surface area contributed by atoms with Crippen molar-refractivity contribution >= 4 is 5.69 Å². The van der Waals surface area contributed by atoms with Gasteiger partial charge in [0.05, 0.1) is 6.61 Å². The maximum absolute atomic E-state index is 9.21. The van der Waals surface area contributed by atoms with E-state index in [2.05, 4.69) is 41.4 Å². The zero-order valence-corrected chi connectivity index (χ0v) is 13.9. The lowest BCUT2D eigenvalue weighted by molar-refractivity contribution is 0.127. The van der Waals surface area contributed by atoms with Crippen molar-refractivity contribution in [3.05, 3.63) is 29.8 Å². The van der Waals surface area contributed by atoms with Gasteiger partial charge in [-0.1, -0.05) is 12.1 Å². The van der Waals surface area contributed by atoms with E-state index in [9.17, 15) is 5.11 Å². The number of hydrogen-bond donors (Lipinski definition) is 2. The topological polar surface area (TPSA) is 44.7 Å². The van der Waals surface area contributed by atoms with Crippen LogP contribution in [0.1, 0.15) is 32.3 Å².